The summed E-state index contributed by atoms with van der Waals surface area (Å²) in [5.41, 5.74) is 0.654. The van der Waals surface area contributed by atoms with Crippen molar-refractivity contribution in [1.82, 2.24) is 25.1 Å². The fraction of sp³-hybridized carbons (Fsp3) is 0.412. The lowest BCUT2D eigenvalue weighted by Crippen LogP contribution is -2.56. The van der Waals surface area contributed by atoms with Crippen molar-refractivity contribution >= 4 is 23.9 Å². The SMILES string of the molecule is CCOC(=O)N1CCN(C(=O)C(CCC(=O)OC(C)(C)C)NC(=O)c2cc(C(O)c3ccccc3)nc(-c3ccccc3)n2)CC1. The van der Waals surface area contributed by atoms with Crippen molar-refractivity contribution in [2.75, 3.05) is 32.8 Å². The second kappa shape index (κ2) is 15.4. The summed E-state index contributed by atoms with van der Waals surface area (Å²) < 4.78 is 10.5. The molecule has 2 unspecified atom stereocenters. The molecule has 1 aliphatic rings. The van der Waals surface area contributed by atoms with Crippen LogP contribution in [0.5, 0.6) is 0 Å². The zero-order valence-electron chi connectivity index (χ0n) is 26.6. The predicted octanol–water partition coefficient (Wildman–Crippen LogP) is 3.75. The summed E-state index contributed by atoms with van der Waals surface area (Å²) in [6.45, 7) is 8.22. The molecular formula is C34H41N5O7. The number of nitrogens with one attached hydrogen (secondary N) is 1. The summed E-state index contributed by atoms with van der Waals surface area (Å²) in [7, 11) is 0. The van der Waals surface area contributed by atoms with E-state index in [0.717, 1.165) is 0 Å². The minimum Gasteiger partial charge on any atom is -0.460 e. The lowest BCUT2D eigenvalue weighted by atomic mass is 10.0. The molecule has 0 radical (unpaired) electrons. The van der Waals surface area contributed by atoms with E-state index in [1.54, 1.807) is 69.0 Å². The van der Waals surface area contributed by atoms with Gasteiger partial charge in [-0.3, -0.25) is 14.4 Å². The molecule has 244 valence electrons. The largest absolute Gasteiger partial charge is 0.460 e. The van der Waals surface area contributed by atoms with Crippen molar-refractivity contribution < 1.29 is 33.8 Å². The number of piperazine rings is 1. The number of amides is 3. The predicted molar refractivity (Wildman–Crippen MR) is 169 cm³/mol. The molecule has 3 aromatic rings. The van der Waals surface area contributed by atoms with Gasteiger partial charge in [0, 0.05) is 38.2 Å². The van der Waals surface area contributed by atoms with Gasteiger partial charge in [0.15, 0.2) is 5.82 Å². The van der Waals surface area contributed by atoms with Gasteiger partial charge in [-0.05, 0) is 45.7 Å². The summed E-state index contributed by atoms with van der Waals surface area (Å²) in [5.74, 6) is -1.35. The van der Waals surface area contributed by atoms with Gasteiger partial charge in [0.25, 0.3) is 5.91 Å². The highest BCUT2D eigenvalue weighted by molar-refractivity contribution is 5.96. The molecule has 1 saturated heterocycles. The molecule has 0 aliphatic carbocycles. The van der Waals surface area contributed by atoms with E-state index in [-0.39, 0.29) is 62.8 Å². The zero-order chi connectivity index (χ0) is 33.3. The topological polar surface area (TPSA) is 151 Å². The first-order valence-corrected chi connectivity index (χ1v) is 15.4. The number of aliphatic hydroxyl groups is 1. The molecule has 0 spiro atoms. The van der Waals surface area contributed by atoms with Crippen LogP contribution in [0.1, 0.15) is 68.4 Å². The number of carbonyl (C=O) groups excluding carboxylic acids is 4. The normalized spacial score (nSPS) is 14.6. The maximum atomic E-state index is 13.8. The average molecular weight is 632 g/mol. The van der Waals surface area contributed by atoms with Crippen LogP contribution in [0, 0.1) is 0 Å². The summed E-state index contributed by atoms with van der Waals surface area (Å²) in [6, 6.07) is 18.3. The molecule has 2 atom stereocenters. The minimum atomic E-state index is -1.14. The Morgan fingerprint density at radius 3 is 2.13 bits per heavy atom. The number of aliphatic hydroxyl groups excluding tert-OH is 1. The van der Waals surface area contributed by atoms with Gasteiger partial charge >= 0.3 is 12.1 Å². The second-order valence-electron chi connectivity index (χ2n) is 11.8. The van der Waals surface area contributed by atoms with Crippen molar-refractivity contribution in [2.45, 2.75) is 58.3 Å². The van der Waals surface area contributed by atoms with Crippen LogP contribution >= 0.6 is 0 Å². The smallest absolute Gasteiger partial charge is 0.409 e. The van der Waals surface area contributed by atoms with Gasteiger partial charge in [-0.15, -0.1) is 0 Å². The van der Waals surface area contributed by atoms with Gasteiger partial charge in [-0.2, -0.15) is 0 Å². The molecule has 12 nitrogen and oxygen atoms in total. The van der Waals surface area contributed by atoms with Crippen LogP contribution in [0.4, 0.5) is 4.79 Å². The second-order valence-corrected chi connectivity index (χ2v) is 11.8. The van der Waals surface area contributed by atoms with Crippen molar-refractivity contribution in [1.29, 1.82) is 0 Å². The Kier molecular flexibility index (Phi) is 11.4. The van der Waals surface area contributed by atoms with Gasteiger partial charge in [0.05, 0.1) is 12.3 Å². The van der Waals surface area contributed by atoms with Crippen LogP contribution in [0.2, 0.25) is 0 Å². The van der Waals surface area contributed by atoms with Gasteiger partial charge < -0.3 is 29.7 Å². The Balaban J connectivity index is 1.60. The van der Waals surface area contributed by atoms with Gasteiger partial charge in [-0.1, -0.05) is 60.7 Å². The molecule has 2 heterocycles. The first kappa shape index (κ1) is 34.0. The maximum Gasteiger partial charge on any atom is 0.409 e. The molecule has 4 rings (SSSR count). The monoisotopic (exact) mass is 631 g/mol. The molecule has 1 aliphatic heterocycles. The number of carbonyl (C=O) groups is 4. The highest BCUT2D eigenvalue weighted by Gasteiger charge is 2.32. The minimum absolute atomic E-state index is 0.0201. The van der Waals surface area contributed by atoms with Crippen LogP contribution in [0.15, 0.2) is 66.7 Å². The van der Waals surface area contributed by atoms with E-state index in [4.69, 9.17) is 9.47 Å². The molecule has 12 heteroatoms. The Hall–Kier alpha value is -4.84. The first-order valence-electron chi connectivity index (χ1n) is 15.4. The van der Waals surface area contributed by atoms with Crippen LogP contribution < -0.4 is 5.32 Å². The number of rotatable bonds is 10. The van der Waals surface area contributed by atoms with Gasteiger partial charge in [0.2, 0.25) is 5.91 Å². The van der Waals surface area contributed by atoms with E-state index >= 15 is 0 Å². The Morgan fingerprint density at radius 2 is 1.52 bits per heavy atom. The van der Waals surface area contributed by atoms with Crippen LogP contribution in [-0.4, -0.2) is 93.2 Å². The number of aromatic nitrogens is 2. The number of ether oxygens (including phenoxy) is 2. The standard InChI is InChI=1S/C34H41N5O7/c1-5-45-33(44)39-20-18-38(19-21-39)32(43)25(16-17-28(40)46-34(2,3)4)37-31(42)27-22-26(29(41)23-12-8-6-9-13-23)35-30(36-27)24-14-10-7-11-15-24/h6-15,22,25,29,41H,5,16-21H2,1-4H3,(H,37,42). The molecule has 0 saturated carbocycles. The molecule has 2 N–H and O–H groups in total. The van der Waals surface area contributed by atoms with Crippen molar-refractivity contribution in [3.8, 4) is 11.4 Å². The lowest BCUT2D eigenvalue weighted by molar-refractivity contribution is -0.155. The van der Waals surface area contributed by atoms with Crippen molar-refractivity contribution in [3.05, 3.63) is 83.7 Å². The Bertz CT molecular complexity index is 1500. The van der Waals surface area contributed by atoms with Gasteiger partial charge in [-0.25, -0.2) is 14.8 Å². The lowest BCUT2D eigenvalue weighted by Gasteiger charge is -2.36. The highest BCUT2D eigenvalue weighted by atomic mass is 16.6. The highest BCUT2D eigenvalue weighted by Crippen LogP contribution is 2.24. The fourth-order valence-corrected chi connectivity index (χ4v) is 4.93. The van der Waals surface area contributed by atoms with E-state index in [1.165, 1.54) is 11.0 Å². The van der Waals surface area contributed by atoms with Crippen LogP contribution in [-0.2, 0) is 19.1 Å². The van der Waals surface area contributed by atoms with E-state index in [1.807, 2.05) is 24.3 Å². The summed E-state index contributed by atoms with van der Waals surface area (Å²) in [5, 5.41) is 13.9. The number of nitrogens with zero attached hydrogens (tertiary/aromatic N) is 4. The number of hydrogen-bond acceptors (Lipinski definition) is 9. The number of esters is 1. The zero-order valence-corrected chi connectivity index (χ0v) is 26.6. The van der Waals surface area contributed by atoms with Crippen LogP contribution in [0.25, 0.3) is 11.4 Å². The summed E-state index contributed by atoms with van der Waals surface area (Å²) in [4.78, 5) is 64.4. The van der Waals surface area contributed by atoms with E-state index in [9.17, 15) is 24.3 Å². The van der Waals surface area contributed by atoms with E-state index in [2.05, 4.69) is 15.3 Å². The van der Waals surface area contributed by atoms with Crippen molar-refractivity contribution in [3.63, 3.8) is 0 Å². The third kappa shape index (κ3) is 9.33. The quantitative estimate of drug-likeness (QED) is 0.319. The van der Waals surface area contributed by atoms with Crippen LogP contribution in [0.3, 0.4) is 0 Å². The van der Waals surface area contributed by atoms with E-state index < -0.39 is 41.6 Å². The van der Waals surface area contributed by atoms with E-state index in [0.29, 0.717) is 11.1 Å². The Labute approximate surface area is 268 Å². The summed E-state index contributed by atoms with van der Waals surface area (Å²) >= 11 is 0. The molecule has 0 bridgehead atoms. The average Bonchev–Trinajstić information content (AvgIpc) is 3.05. The molecule has 1 fully saturated rings. The van der Waals surface area contributed by atoms with Crippen molar-refractivity contribution in [2.24, 2.45) is 0 Å². The maximum absolute atomic E-state index is 13.8. The molecule has 1 aromatic heterocycles. The number of benzene rings is 2. The molecular weight excluding hydrogens is 590 g/mol. The number of hydrogen-bond donors (Lipinski definition) is 2. The summed E-state index contributed by atoms with van der Waals surface area (Å²) in [6.07, 6.45) is -1.73. The molecule has 2 aromatic carbocycles. The first-order chi connectivity index (χ1) is 21.9. The molecule has 3 amide bonds. The third-order valence-electron chi connectivity index (χ3n) is 7.18. The fourth-order valence-electron chi connectivity index (χ4n) is 4.93. The molecule has 46 heavy (non-hydrogen) atoms. The van der Waals surface area contributed by atoms with Gasteiger partial charge in [0.1, 0.15) is 23.4 Å². The third-order valence-corrected chi connectivity index (χ3v) is 7.18. The Morgan fingerprint density at radius 1 is 0.913 bits per heavy atom.